The SMILES string of the molecule is COc1ccc(Cl)cc1-n1nnnc1-c1ccc(N)cc1. The predicted octanol–water partition coefficient (Wildman–Crippen LogP) is 2.57. The van der Waals surface area contributed by atoms with Gasteiger partial charge in [0.25, 0.3) is 0 Å². The first-order valence-corrected chi connectivity index (χ1v) is 6.55. The van der Waals surface area contributed by atoms with Crippen LogP contribution in [0, 0.1) is 0 Å². The van der Waals surface area contributed by atoms with Crippen LogP contribution in [0.4, 0.5) is 5.69 Å². The molecule has 6 nitrogen and oxygen atoms in total. The van der Waals surface area contributed by atoms with E-state index in [1.807, 2.05) is 12.1 Å². The van der Waals surface area contributed by atoms with E-state index in [0.717, 1.165) is 5.56 Å². The zero-order valence-electron chi connectivity index (χ0n) is 11.2. The minimum absolute atomic E-state index is 0.574. The first-order valence-electron chi connectivity index (χ1n) is 6.17. The van der Waals surface area contributed by atoms with E-state index < -0.39 is 0 Å². The van der Waals surface area contributed by atoms with Gasteiger partial charge in [0, 0.05) is 16.3 Å². The number of aromatic nitrogens is 4. The summed E-state index contributed by atoms with van der Waals surface area (Å²) in [5.74, 6) is 1.21. The maximum Gasteiger partial charge on any atom is 0.187 e. The van der Waals surface area contributed by atoms with Gasteiger partial charge in [0.2, 0.25) is 0 Å². The molecule has 0 fully saturated rings. The first kappa shape index (κ1) is 13.4. The summed E-state index contributed by atoms with van der Waals surface area (Å²) < 4.78 is 6.92. The zero-order valence-corrected chi connectivity index (χ0v) is 11.9. The standard InChI is InChI=1S/C14H12ClN5O/c1-21-13-7-4-10(15)8-12(13)20-14(17-18-19-20)9-2-5-11(16)6-3-9/h2-8H,16H2,1H3. The van der Waals surface area contributed by atoms with Crippen LogP contribution in [0.5, 0.6) is 5.75 Å². The Bertz CT molecular complexity index is 769. The van der Waals surface area contributed by atoms with Crippen molar-refractivity contribution in [3.8, 4) is 22.8 Å². The maximum atomic E-state index is 6.06. The Balaban J connectivity index is 2.15. The monoisotopic (exact) mass is 301 g/mol. The van der Waals surface area contributed by atoms with E-state index in [9.17, 15) is 0 Å². The Kier molecular flexibility index (Phi) is 3.45. The molecule has 0 saturated carbocycles. The van der Waals surface area contributed by atoms with Crippen LogP contribution >= 0.6 is 11.6 Å². The second-order valence-electron chi connectivity index (χ2n) is 4.35. The van der Waals surface area contributed by atoms with Crippen LogP contribution in [-0.2, 0) is 0 Å². The number of anilines is 1. The van der Waals surface area contributed by atoms with Crippen LogP contribution < -0.4 is 10.5 Å². The Morgan fingerprint density at radius 1 is 1.14 bits per heavy atom. The molecule has 3 rings (SSSR count). The van der Waals surface area contributed by atoms with Gasteiger partial charge in [0.1, 0.15) is 11.4 Å². The summed E-state index contributed by atoms with van der Waals surface area (Å²) in [5.41, 5.74) is 7.89. The molecule has 2 N–H and O–H groups in total. The van der Waals surface area contributed by atoms with Crippen LogP contribution in [0.25, 0.3) is 17.1 Å². The minimum Gasteiger partial charge on any atom is -0.494 e. The van der Waals surface area contributed by atoms with Crippen LogP contribution in [-0.4, -0.2) is 27.3 Å². The van der Waals surface area contributed by atoms with Crippen molar-refractivity contribution in [2.45, 2.75) is 0 Å². The number of tetrazole rings is 1. The van der Waals surface area contributed by atoms with E-state index in [1.54, 1.807) is 42.1 Å². The van der Waals surface area contributed by atoms with Gasteiger partial charge in [-0.05, 0) is 52.9 Å². The number of rotatable bonds is 3. The zero-order chi connectivity index (χ0) is 14.8. The van der Waals surface area contributed by atoms with Gasteiger partial charge in [-0.2, -0.15) is 4.68 Å². The lowest BCUT2D eigenvalue weighted by atomic mass is 10.2. The van der Waals surface area contributed by atoms with Crippen molar-refractivity contribution in [3.63, 3.8) is 0 Å². The molecule has 0 spiro atoms. The quantitative estimate of drug-likeness (QED) is 0.752. The number of halogens is 1. The molecular weight excluding hydrogens is 290 g/mol. The number of methoxy groups -OCH3 is 1. The number of nitrogen functional groups attached to an aromatic ring is 1. The normalized spacial score (nSPS) is 10.6. The molecule has 0 aliphatic carbocycles. The van der Waals surface area contributed by atoms with Crippen LogP contribution in [0.3, 0.4) is 0 Å². The van der Waals surface area contributed by atoms with E-state index in [1.165, 1.54) is 0 Å². The highest BCUT2D eigenvalue weighted by molar-refractivity contribution is 6.30. The van der Waals surface area contributed by atoms with E-state index in [-0.39, 0.29) is 0 Å². The molecule has 0 bridgehead atoms. The molecule has 0 aliphatic heterocycles. The predicted molar refractivity (Wildman–Crippen MR) is 80.6 cm³/mol. The van der Waals surface area contributed by atoms with E-state index >= 15 is 0 Å². The first-order chi connectivity index (χ1) is 10.2. The molecule has 0 saturated heterocycles. The summed E-state index contributed by atoms with van der Waals surface area (Å²) in [5, 5.41) is 12.4. The van der Waals surface area contributed by atoms with Crippen molar-refractivity contribution in [2.24, 2.45) is 0 Å². The fraction of sp³-hybridized carbons (Fsp3) is 0.0714. The molecule has 106 valence electrons. The molecular formula is C14H12ClN5O. The van der Waals surface area contributed by atoms with Gasteiger partial charge in [-0.25, -0.2) is 0 Å². The summed E-state index contributed by atoms with van der Waals surface area (Å²) in [6.07, 6.45) is 0. The summed E-state index contributed by atoms with van der Waals surface area (Å²) in [7, 11) is 1.58. The Morgan fingerprint density at radius 3 is 2.62 bits per heavy atom. The summed E-state index contributed by atoms with van der Waals surface area (Å²) in [6.45, 7) is 0. The number of benzene rings is 2. The smallest absolute Gasteiger partial charge is 0.187 e. The van der Waals surface area contributed by atoms with Crippen molar-refractivity contribution in [3.05, 3.63) is 47.5 Å². The Morgan fingerprint density at radius 2 is 1.90 bits per heavy atom. The van der Waals surface area contributed by atoms with Gasteiger partial charge in [0.15, 0.2) is 5.82 Å². The molecule has 0 atom stereocenters. The molecule has 0 aliphatic rings. The van der Waals surface area contributed by atoms with Crippen molar-refractivity contribution < 1.29 is 4.74 Å². The maximum absolute atomic E-state index is 6.06. The highest BCUT2D eigenvalue weighted by Gasteiger charge is 2.14. The molecule has 0 unspecified atom stereocenters. The second kappa shape index (κ2) is 5.41. The van der Waals surface area contributed by atoms with Crippen molar-refractivity contribution >= 4 is 17.3 Å². The highest BCUT2D eigenvalue weighted by Crippen LogP contribution is 2.29. The Hall–Kier alpha value is -2.60. The summed E-state index contributed by atoms with van der Waals surface area (Å²) in [6, 6.07) is 12.6. The lowest BCUT2D eigenvalue weighted by molar-refractivity contribution is 0.411. The van der Waals surface area contributed by atoms with E-state index in [2.05, 4.69) is 15.5 Å². The number of ether oxygens (including phenoxy) is 1. The van der Waals surface area contributed by atoms with Crippen LogP contribution in [0.15, 0.2) is 42.5 Å². The van der Waals surface area contributed by atoms with Crippen LogP contribution in [0.2, 0.25) is 5.02 Å². The topological polar surface area (TPSA) is 78.8 Å². The van der Waals surface area contributed by atoms with Crippen molar-refractivity contribution in [1.82, 2.24) is 20.2 Å². The fourth-order valence-electron chi connectivity index (χ4n) is 1.99. The van der Waals surface area contributed by atoms with Crippen molar-refractivity contribution in [1.29, 1.82) is 0 Å². The third-order valence-corrected chi connectivity index (χ3v) is 3.24. The van der Waals surface area contributed by atoms with Gasteiger partial charge < -0.3 is 10.5 Å². The molecule has 1 aromatic heterocycles. The lowest BCUT2D eigenvalue weighted by Crippen LogP contribution is -2.02. The third-order valence-electron chi connectivity index (χ3n) is 3.01. The average molecular weight is 302 g/mol. The average Bonchev–Trinajstić information content (AvgIpc) is 2.97. The summed E-state index contributed by atoms with van der Waals surface area (Å²) in [4.78, 5) is 0. The molecule has 0 amide bonds. The molecule has 2 aromatic carbocycles. The van der Waals surface area contributed by atoms with Gasteiger partial charge in [-0.1, -0.05) is 11.6 Å². The lowest BCUT2D eigenvalue weighted by Gasteiger charge is -2.10. The van der Waals surface area contributed by atoms with Crippen LogP contribution in [0.1, 0.15) is 0 Å². The van der Waals surface area contributed by atoms with Crippen molar-refractivity contribution in [2.75, 3.05) is 12.8 Å². The number of nitrogens with two attached hydrogens (primary N) is 1. The second-order valence-corrected chi connectivity index (χ2v) is 4.79. The molecule has 3 aromatic rings. The largest absolute Gasteiger partial charge is 0.494 e. The minimum atomic E-state index is 0.574. The van der Waals surface area contributed by atoms with Gasteiger partial charge in [-0.15, -0.1) is 5.10 Å². The molecule has 21 heavy (non-hydrogen) atoms. The fourth-order valence-corrected chi connectivity index (χ4v) is 2.16. The third kappa shape index (κ3) is 2.53. The number of nitrogens with zero attached hydrogens (tertiary/aromatic N) is 4. The number of hydrogen-bond acceptors (Lipinski definition) is 5. The molecule has 0 radical (unpaired) electrons. The highest BCUT2D eigenvalue weighted by atomic mass is 35.5. The van der Waals surface area contributed by atoms with Gasteiger partial charge in [-0.3, -0.25) is 0 Å². The van der Waals surface area contributed by atoms with Gasteiger partial charge in [0.05, 0.1) is 7.11 Å². The Labute approximate surface area is 126 Å². The van der Waals surface area contributed by atoms with E-state index in [0.29, 0.717) is 28.0 Å². The molecule has 7 heteroatoms. The molecule has 1 heterocycles. The number of hydrogen-bond donors (Lipinski definition) is 1. The van der Waals surface area contributed by atoms with Gasteiger partial charge >= 0.3 is 0 Å². The van der Waals surface area contributed by atoms with E-state index in [4.69, 9.17) is 22.1 Å². The summed E-state index contributed by atoms with van der Waals surface area (Å²) >= 11 is 6.06.